The fourth-order valence-corrected chi connectivity index (χ4v) is 2.25. The Morgan fingerprint density at radius 1 is 1.39 bits per heavy atom. The Balaban J connectivity index is 0.00000162. The maximum absolute atomic E-state index is 12.0. The summed E-state index contributed by atoms with van der Waals surface area (Å²) in [6.07, 6.45) is 3.13. The van der Waals surface area contributed by atoms with Gasteiger partial charge in [-0.05, 0) is 31.4 Å². The Bertz CT molecular complexity index is 412. The zero-order valence-corrected chi connectivity index (χ0v) is 11.2. The van der Waals surface area contributed by atoms with Gasteiger partial charge in [0.25, 0.3) is 5.91 Å². The third-order valence-corrected chi connectivity index (χ3v) is 3.26. The number of methoxy groups -OCH3 is 1. The van der Waals surface area contributed by atoms with E-state index in [0.29, 0.717) is 11.3 Å². The Kier molecular flexibility index (Phi) is 5.44. The van der Waals surface area contributed by atoms with Gasteiger partial charge in [-0.25, -0.2) is 0 Å². The number of ether oxygens (including phenoxy) is 1. The first kappa shape index (κ1) is 14.8. The fourth-order valence-electron chi connectivity index (χ4n) is 2.25. The predicted octanol–water partition coefficient (Wildman–Crippen LogP) is 1.99. The van der Waals surface area contributed by atoms with Crippen LogP contribution in [0.3, 0.4) is 0 Å². The SMILES string of the molecule is COC1CCC(NC(=O)c2ccccc2N)C1.Cl. The average Bonchev–Trinajstić information content (AvgIpc) is 2.77. The molecule has 0 heterocycles. The van der Waals surface area contributed by atoms with E-state index >= 15 is 0 Å². The van der Waals surface area contributed by atoms with E-state index in [1.54, 1.807) is 19.2 Å². The molecule has 18 heavy (non-hydrogen) atoms. The maximum atomic E-state index is 12.0. The molecular formula is C13H19ClN2O2. The van der Waals surface area contributed by atoms with Crippen LogP contribution in [-0.2, 0) is 4.74 Å². The van der Waals surface area contributed by atoms with E-state index in [0.717, 1.165) is 19.3 Å². The molecule has 1 aliphatic rings. The van der Waals surface area contributed by atoms with E-state index in [-0.39, 0.29) is 30.5 Å². The molecule has 1 aliphatic carbocycles. The van der Waals surface area contributed by atoms with Crippen molar-refractivity contribution in [1.29, 1.82) is 0 Å². The first-order valence-electron chi connectivity index (χ1n) is 5.89. The van der Waals surface area contributed by atoms with Gasteiger partial charge in [0.15, 0.2) is 0 Å². The van der Waals surface area contributed by atoms with Crippen LogP contribution in [0.4, 0.5) is 5.69 Å². The van der Waals surface area contributed by atoms with Crippen molar-refractivity contribution < 1.29 is 9.53 Å². The number of carbonyl (C=O) groups excluding carboxylic acids is 1. The Morgan fingerprint density at radius 3 is 2.72 bits per heavy atom. The molecule has 100 valence electrons. The van der Waals surface area contributed by atoms with Crippen molar-refractivity contribution in [2.24, 2.45) is 0 Å². The number of hydrogen-bond donors (Lipinski definition) is 2. The molecule has 0 saturated heterocycles. The summed E-state index contributed by atoms with van der Waals surface area (Å²) in [5.74, 6) is -0.0927. The molecule has 0 radical (unpaired) electrons. The van der Waals surface area contributed by atoms with Gasteiger partial charge in [-0.3, -0.25) is 4.79 Å². The summed E-state index contributed by atoms with van der Waals surface area (Å²) in [4.78, 5) is 12.0. The number of anilines is 1. The number of para-hydroxylation sites is 1. The van der Waals surface area contributed by atoms with E-state index in [1.807, 2.05) is 12.1 Å². The minimum Gasteiger partial charge on any atom is -0.398 e. The largest absolute Gasteiger partial charge is 0.398 e. The van der Waals surface area contributed by atoms with Crippen molar-refractivity contribution in [3.63, 3.8) is 0 Å². The molecule has 0 aliphatic heterocycles. The standard InChI is InChI=1S/C13H18N2O2.ClH/c1-17-10-7-6-9(8-10)15-13(16)11-4-2-3-5-12(11)14;/h2-5,9-10H,6-8,14H2,1H3,(H,15,16);1H. The molecule has 1 saturated carbocycles. The Labute approximate surface area is 113 Å². The van der Waals surface area contributed by atoms with Gasteiger partial charge < -0.3 is 15.8 Å². The summed E-state index contributed by atoms with van der Waals surface area (Å²) < 4.78 is 5.28. The van der Waals surface area contributed by atoms with Crippen LogP contribution in [0.1, 0.15) is 29.6 Å². The summed E-state index contributed by atoms with van der Waals surface area (Å²) >= 11 is 0. The van der Waals surface area contributed by atoms with Gasteiger partial charge in [0.1, 0.15) is 0 Å². The normalized spacial score (nSPS) is 22.3. The van der Waals surface area contributed by atoms with Crippen molar-refractivity contribution in [2.45, 2.75) is 31.4 Å². The third kappa shape index (κ3) is 3.37. The highest BCUT2D eigenvalue weighted by Gasteiger charge is 2.26. The van der Waals surface area contributed by atoms with Crippen LogP contribution in [0.15, 0.2) is 24.3 Å². The zero-order valence-electron chi connectivity index (χ0n) is 10.4. The summed E-state index contributed by atoms with van der Waals surface area (Å²) in [5.41, 5.74) is 6.83. The highest BCUT2D eigenvalue weighted by Crippen LogP contribution is 2.22. The minimum absolute atomic E-state index is 0. The molecule has 1 aromatic carbocycles. The first-order valence-corrected chi connectivity index (χ1v) is 5.89. The summed E-state index contributed by atoms with van der Waals surface area (Å²) in [6.45, 7) is 0. The molecule has 1 amide bonds. The number of amides is 1. The van der Waals surface area contributed by atoms with Crippen LogP contribution in [-0.4, -0.2) is 25.2 Å². The second kappa shape index (κ2) is 6.61. The number of nitrogens with two attached hydrogens (primary N) is 1. The number of rotatable bonds is 3. The van der Waals surface area contributed by atoms with Gasteiger partial charge in [0.05, 0.1) is 11.7 Å². The Morgan fingerprint density at radius 2 is 2.11 bits per heavy atom. The lowest BCUT2D eigenvalue weighted by Gasteiger charge is -2.13. The zero-order chi connectivity index (χ0) is 12.3. The van der Waals surface area contributed by atoms with Crippen molar-refractivity contribution >= 4 is 24.0 Å². The monoisotopic (exact) mass is 270 g/mol. The number of benzene rings is 1. The topological polar surface area (TPSA) is 64.3 Å². The van der Waals surface area contributed by atoms with Crippen LogP contribution in [0.25, 0.3) is 0 Å². The average molecular weight is 271 g/mol. The third-order valence-electron chi connectivity index (χ3n) is 3.26. The van der Waals surface area contributed by atoms with Gasteiger partial charge in [-0.15, -0.1) is 12.4 Å². The molecule has 1 aromatic rings. The van der Waals surface area contributed by atoms with Gasteiger partial charge in [-0.2, -0.15) is 0 Å². The number of nitrogens with one attached hydrogen (secondary N) is 1. The summed E-state index contributed by atoms with van der Waals surface area (Å²) in [7, 11) is 1.71. The highest BCUT2D eigenvalue weighted by atomic mass is 35.5. The predicted molar refractivity (Wildman–Crippen MR) is 74.0 cm³/mol. The minimum atomic E-state index is -0.0927. The molecule has 1 fully saturated rings. The Hall–Kier alpha value is -1.26. The maximum Gasteiger partial charge on any atom is 0.253 e. The van der Waals surface area contributed by atoms with E-state index in [2.05, 4.69) is 5.32 Å². The number of nitrogen functional groups attached to an aromatic ring is 1. The van der Waals surface area contributed by atoms with Gasteiger partial charge >= 0.3 is 0 Å². The fraction of sp³-hybridized carbons (Fsp3) is 0.462. The molecule has 3 N–H and O–H groups in total. The quantitative estimate of drug-likeness (QED) is 0.826. The first-order chi connectivity index (χ1) is 8.20. The highest BCUT2D eigenvalue weighted by molar-refractivity contribution is 5.99. The molecule has 2 unspecified atom stereocenters. The lowest BCUT2D eigenvalue weighted by molar-refractivity contribution is 0.0916. The van der Waals surface area contributed by atoms with Crippen LogP contribution in [0, 0.1) is 0 Å². The van der Waals surface area contributed by atoms with Crippen LogP contribution in [0.5, 0.6) is 0 Å². The number of hydrogen-bond acceptors (Lipinski definition) is 3. The van der Waals surface area contributed by atoms with Crippen LogP contribution in [0.2, 0.25) is 0 Å². The number of halogens is 1. The van der Waals surface area contributed by atoms with Crippen molar-refractivity contribution in [1.82, 2.24) is 5.32 Å². The van der Waals surface area contributed by atoms with Crippen molar-refractivity contribution in [3.8, 4) is 0 Å². The lowest BCUT2D eigenvalue weighted by Crippen LogP contribution is -2.33. The van der Waals surface area contributed by atoms with Crippen molar-refractivity contribution in [3.05, 3.63) is 29.8 Å². The van der Waals surface area contributed by atoms with Crippen LogP contribution >= 0.6 is 12.4 Å². The van der Waals surface area contributed by atoms with Gasteiger partial charge in [0.2, 0.25) is 0 Å². The van der Waals surface area contributed by atoms with Gasteiger partial charge in [-0.1, -0.05) is 12.1 Å². The molecule has 5 heteroatoms. The van der Waals surface area contributed by atoms with Crippen molar-refractivity contribution in [2.75, 3.05) is 12.8 Å². The molecule has 0 bridgehead atoms. The van der Waals surface area contributed by atoms with E-state index < -0.39 is 0 Å². The molecular weight excluding hydrogens is 252 g/mol. The molecule has 2 rings (SSSR count). The molecule has 0 aromatic heterocycles. The lowest BCUT2D eigenvalue weighted by atomic mass is 10.1. The molecule has 4 nitrogen and oxygen atoms in total. The van der Waals surface area contributed by atoms with E-state index in [4.69, 9.17) is 10.5 Å². The molecule has 2 atom stereocenters. The van der Waals surface area contributed by atoms with E-state index in [9.17, 15) is 4.79 Å². The second-order valence-corrected chi connectivity index (χ2v) is 4.43. The summed E-state index contributed by atoms with van der Waals surface area (Å²) in [5, 5.41) is 3.00. The van der Waals surface area contributed by atoms with E-state index in [1.165, 1.54) is 0 Å². The van der Waals surface area contributed by atoms with Gasteiger partial charge in [0, 0.05) is 18.8 Å². The second-order valence-electron chi connectivity index (χ2n) is 4.43. The summed E-state index contributed by atoms with van der Waals surface area (Å²) in [6, 6.07) is 7.32. The number of carbonyl (C=O) groups is 1. The smallest absolute Gasteiger partial charge is 0.253 e. The molecule has 0 spiro atoms. The van der Waals surface area contributed by atoms with Crippen LogP contribution < -0.4 is 11.1 Å².